The number of ether oxygens (including phenoxy) is 2. The molecule has 1 rings (SSSR count). The fourth-order valence-electron chi connectivity index (χ4n) is 2.30. The molecule has 0 saturated carbocycles. The molecule has 0 fully saturated rings. The molecule has 1 aromatic carbocycles. The molecule has 1 aromatic rings. The maximum Gasteiger partial charge on any atom is 0.306 e. The van der Waals surface area contributed by atoms with Gasteiger partial charge in [0.1, 0.15) is 5.75 Å². The van der Waals surface area contributed by atoms with Crippen LogP contribution in [-0.2, 0) is 9.53 Å². The van der Waals surface area contributed by atoms with E-state index in [1.807, 2.05) is 25.1 Å². The van der Waals surface area contributed by atoms with Crippen LogP contribution < -0.4 is 4.74 Å². The lowest BCUT2D eigenvalue weighted by Crippen LogP contribution is -2.14. The zero-order valence-corrected chi connectivity index (χ0v) is 17.4. The Kier molecular flexibility index (Phi) is 11.3. The van der Waals surface area contributed by atoms with Crippen molar-refractivity contribution >= 4 is 33.7 Å². The lowest BCUT2D eigenvalue weighted by atomic mass is 10.0. The van der Waals surface area contributed by atoms with Crippen molar-refractivity contribution in [1.29, 1.82) is 0 Å². The van der Waals surface area contributed by atoms with E-state index in [9.17, 15) is 4.79 Å². The molecule has 0 bridgehead atoms. The molecule has 3 nitrogen and oxygen atoms in total. The van der Waals surface area contributed by atoms with Crippen LogP contribution in [0.25, 0.3) is 0 Å². The maximum absolute atomic E-state index is 11.9. The molecule has 0 radical (unpaired) electrons. The molecule has 136 valence electrons. The van der Waals surface area contributed by atoms with Gasteiger partial charge in [-0.2, -0.15) is 0 Å². The van der Waals surface area contributed by atoms with Gasteiger partial charge in [-0.1, -0.05) is 49.0 Å². The first-order chi connectivity index (χ1) is 11.6. The summed E-state index contributed by atoms with van der Waals surface area (Å²) in [6, 6.07) is 5.99. The normalized spacial score (nSPS) is 12.0. The third kappa shape index (κ3) is 8.97. The molecular weight excluding hydrogens is 388 g/mol. The smallest absolute Gasteiger partial charge is 0.306 e. The molecule has 0 aliphatic carbocycles. The van der Waals surface area contributed by atoms with Crippen LogP contribution in [0.3, 0.4) is 0 Å². The Morgan fingerprint density at radius 2 is 2.04 bits per heavy atom. The van der Waals surface area contributed by atoms with E-state index in [0.717, 1.165) is 28.0 Å². The van der Waals surface area contributed by atoms with Gasteiger partial charge in [-0.3, -0.25) is 4.79 Å². The fraction of sp³-hybridized carbons (Fsp3) is 0.632. The molecule has 1 unspecified atom stereocenters. The summed E-state index contributed by atoms with van der Waals surface area (Å²) in [6.45, 7) is 7.52. The molecule has 0 aliphatic rings. The summed E-state index contributed by atoms with van der Waals surface area (Å²) < 4.78 is 11.9. The Bertz CT molecular complexity index is 494. The topological polar surface area (TPSA) is 35.5 Å². The van der Waals surface area contributed by atoms with E-state index in [0.29, 0.717) is 31.3 Å². The summed E-state index contributed by atoms with van der Waals surface area (Å²) in [4.78, 5) is 13.0. The van der Waals surface area contributed by atoms with Crippen molar-refractivity contribution in [3.05, 3.63) is 22.7 Å². The lowest BCUT2D eigenvalue weighted by Gasteiger charge is -2.14. The van der Waals surface area contributed by atoms with E-state index in [1.165, 1.54) is 12.8 Å². The lowest BCUT2D eigenvalue weighted by molar-refractivity contribution is -0.144. The first kappa shape index (κ1) is 21.4. The van der Waals surface area contributed by atoms with Crippen LogP contribution in [0.15, 0.2) is 27.6 Å². The van der Waals surface area contributed by atoms with E-state index in [1.54, 1.807) is 11.8 Å². The van der Waals surface area contributed by atoms with Gasteiger partial charge in [-0.05, 0) is 37.5 Å². The third-order valence-electron chi connectivity index (χ3n) is 3.75. The molecule has 1 atom stereocenters. The van der Waals surface area contributed by atoms with Gasteiger partial charge >= 0.3 is 5.97 Å². The largest absolute Gasteiger partial charge is 0.494 e. The standard InChI is InChI=1S/C19H29BrO3S/c1-4-7-8-15(5-2)14-23-19(21)9-10-24-18-12-16(20)11-17(13-18)22-6-3/h11-13,15H,4-10,14H2,1-3H3. The molecule has 0 saturated heterocycles. The number of unbranched alkanes of at least 4 members (excludes halogenated alkanes) is 1. The minimum absolute atomic E-state index is 0.0996. The van der Waals surface area contributed by atoms with E-state index in [4.69, 9.17) is 9.47 Å². The molecule has 0 amide bonds. The van der Waals surface area contributed by atoms with Gasteiger partial charge in [-0.15, -0.1) is 11.8 Å². The maximum atomic E-state index is 11.9. The second-order valence-electron chi connectivity index (χ2n) is 5.75. The molecule has 0 aliphatic heterocycles. The van der Waals surface area contributed by atoms with Gasteiger partial charge < -0.3 is 9.47 Å². The summed E-state index contributed by atoms with van der Waals surface area (Å²) in [6.07, 6.45) is 5.05. The number of benzene rings is 1. The number of hydrogen-bond acceptors (Lipinski definition) is 4. The van der Waals surface area contributed by atoms with E-state index < -0.39 is 0 Å². The van der Waals surface area contributed by atoms with Crippen molar-refractivity contribution in [2.24, 2.45) is 5.92 Å². The van der Waals surface area contributed by atoms with Gasteiger partial charge in [0.25, 0.3) is 0 Å². The highest BCUT2D eigenvalue weighted by Gasteiger charge is 2.10. The van der Waals surface area contributed by atoms with E-state index >= 15 is 0 Å². The number of carbonyl (C=O) groups excluding carboxylic acids is 1. The Morgan fingerprint density at radius 1 is 1.25 bits per heavy atom. The van der Waals surface area contributed by atoms with Gasteiger partial charge in [0, 0.05) is 15.1 Å². The zero-order chi connectivity index (χ0) is 17.8. The molecule has 0 aromatic heterocycles. The highest BCUT2D eigenvalue weighted by atomic mass is 79.9. The number of carbonyl (C=O) groups is 1. The molecule has 0 spiro atoms. The van der Waals surface area contributed by atoms with Gasteiger partial charge in [0.2, 0.25) is 0 Å². The van der Waals surface area contributed by atoms with Crippen LogP contribution in [0.4, 0.5) is 0 Å². The fourth-order valence-corrected chi connectivity index (χ4v) is 3.84. The average Bonchev–Trinajstić information content (AvgIpc) is 2.55. The molecule has 24 heavy (non-hydrogen) atoms. The SMILES string of the molecule is CCCCC(CC)COC(=O)CCSc1cc(Br)cc(OCC)c1. The summed E-state index contributed by atoms with van der Waals surface area (Å²) >= 11 is 5.13. The van der Waals surface area contributed by atoms with Crippen molar-refractivity contribution < 1.29 is 14.3 Å². The Morgan fingerprint density at radius 3 is 2.71 bits per heavy atom. The third-order valence-corrected chi connectivity index (χ3v) is 5.19. The monoisotopic (exact) mass is 416 g/mol. The first-order valence-electron chi connectivity index (χ1n) is 8.80. The van der Waals surface area contributed by atoms with Crippen LogP contribution in [0, 0.1) is 5.92 Å². The summed E-state index contributed by atoms with van der Waals surface area (Å²) in [5, 5.41) is 0. The number of rotatable bonds is 12. The number of thioether (sulfide) groups is 1. The minimum atomic E-state index is -0.0996. The van der Waals surface area contributed by atoms with E-state index in [-0.39, 0.29) is 5.97 Å². The predicted molar refractivity (Wildman–Crippen MR) is 105 cm³/mol. The molecular formula is C19H29BrO3S. The molecule has 5 heteroatoms. The van der Waals surface area contributed by atoms with Gasteiger partial charge in [-0.25, -0.2) is 0 Å². The van der Waals surface area contributed by atoms with Gasteiger partial charge in [0.05, 0.1) is 19.6 Å². The minimum Gasteiger partial charge on any atom is -0.494 e. The predicted octanol–water partition coefficient (Wildman–Crippen LogP) is 6.09. The quantitative estimate of drug-likeness (QED) is 0.305. The van der Waals surface area contributed by atoms with Crippen LogP contribution in [0.1, 0.15) is 52.9 Å². The second kappa shape index (κ2) is 12.6. The first-order valence-corrected chi connectivity index (χ1v) is 10.6. The Labute approximate surface area is 159 Å². The highest BCUT2D eigenvalue weighted by Crippen LogP contribution is 2.28. The number of hydrogen-bond donors (Lipinski definition) is 0. The van der Waals surface area contributed by atoms with Gasteiger partial charge in [0.15, 0.2) is 0 Å². The van der Waals surface area contributed by atoms with E-state index in [2.05, 4.69) is 29.8 Å². The second-order valence-corrected chi connectivity index (χ2v) is 7.84. The number of esters is 1. The van der Waals surface area contributed by atoms with Crippen LogP contribution in [0.5, 0.6) is 5.75 Å². The van der Waals surface area contributed by atoms with Crippen molar-refractivity contribution in [3.63, 3.8) is 0 Å². The van der Waals surface area contributed by atoms with Crippen molar-refractivity contribution in [2.75, 3.05) is 19.0 Å². The highest BCUT2D eigenvalue weighted by molar-refractivity contribution is 9.10. The summed E-state index contributed by atoms with van der Waals surface area (Å²) in [5.74, 6) is 1.96. The average molecular weight is 417 g/mol. The van der Waals surface area contributed by atoms with Crippen molar-refractivity contribution in [3.8, 4) is 5.75 Å². The summed E-state index contributed by atoms with van der Waals surface area (Å²) in [7, 11) is 0. The van der Waals surface area contributed by atoms with Crippen LogP contribution >= 0.6 is 27.7 Å². The zero-order valence-electron chi connectivity index (χ0n) is 15.0. The Balaban J connectivity index is 2.32. The molecule has 0 heterocycles. The number of halogens is 1. The van der Waals surface area contributed by atoms with Crippen LogP contribution in [-0.4, -0.2) is 24.9 Å². The summed E-state index contributed by atoms with van der Waals surface area (Å²) in [5.41, 5.74) is 0. The molecule has 0 N–H and O–H groups in total. The Hall–Kier alpha value is -0.680. The van der Waals surface area contributed by atoms with Crippen molar-refractivity contribution in [1.82, 2.24) is 0 Å². The van der Waals surface area contributed by atoms with Crippen LogP contribution in [0.2, 0.25) is 0 Å². The van der Waals surface area contributed by atoms with Crippen molar-refractivity contribution in [2.45, 2.75) is 57.8 Å².